The maximum absolute atomic E-state index is 13.1. The summed E-state index contributed by atoms with van der Waals surface area (Å²) >= 11 is 0. The number of likely N-dealkylation sites (tertiary alicyclic amines) is 3. The summed E-state index contributed by atoms with van der Waals surface area (Å²) < 4.78 is 0. The van der Waals surface area contributed by atoms with Gasteiger partial charge in [-0.1, -0.05) is 13.8 Å². The molecular weight excluding hydrogens is 348 g/mol. The van der Waals surface area contributed by atoms with Gasteiger partial charge >= 0.3 is 6.03 Å². The van der Waals surface area contributed by atoms with Crippen molar-refractivity contribution in [1.82, 2.24) is 20.0 Å². The number of nitrogens with zero attached hydrogens (tertiary/aromatic N) is 3. The minimum absolute atomic E-state index is 0.0200. The van der Waals surface area contributed by atoms with Gasteiger partial charge in [-0.05, 0) is 31.6 Å². The lowest BCUT2D eigenvalue weighted by molar-refractivity contribution is -0.137. The van der Waals surface area contributed by atoms with E-state index in [-0.39, 0.29) is 42.1 Å². The average Bonchev–Trinajstić information content (AvgIpc) is 3.30. The third-order valence-corrected chi connectivity index (χ3v) is 5.71. The van der Waals surface area contributed by atoms with Gasteiger partial charge in [0.25, 0.3) is 0 Å². The van der Waals surface area contributed by atoms with Crippen LogP contribution in [0.1, 0.15) is 46.5 Å². The first-order valence-electron chi connectivity index (χ1n) is 9.95. The Kier molecular flexibility index (Phi) is 5.72. The van der Waals surface area contributed by atoms with Crippen molar-refractivity contribution in [3.8, 4) is 0 Å². The number of Topliss-reactive ketones (excluding diaryl/α,β-unsaturated/α-hetero) is 1. The Hall–Kier alpha value is -2.12. The molecule has 0 aromatic rings. The van der Waals surface area contributed by atoms with E-state index in [1.807, 2.05) is 13.8 Å². The van der Waals surface area contributed by atoms with Gasteiger partial charge in [-0.3, -0.25) is 14.4 Å². The summed E-state index contributed by atoms with van der Waals surface area (Å²) in [4.78, 5) is 55.1. The van der Waals surface area contributed by atoms with Crippen LogP contribution < -0.4 is 5.32 Å². The first-order chi connectivity index (χ1) is 12.8. The summed E-state index contributed by atoms with van der Waals surface area (Å²) in [5.41, 5.74) is 0. The van der Waals surface area contributed by atoms with Gasteiger partial charge in [0.1, 0.15) is 12.1 Å². The maximum Gasteiger partial charge on any atom is 0.320 e. The van der Waals surface area contributed by atoms with Crippen LogP contribution in [0.15, 0.2) is 0 Å². The third-order valence-electron chi connectivity index (χ3n) is 5.71. The van der Waals surface area contributed by atoms with Crippen molar-refractivity contribution in [2.24, 2.45) is 5.92 Å². The number of fused-ring (bicyclic) bond motifs is 1. The Morgan fingerprint density at radius 1 is 1.11 bits per heavy atom. The van der Waals surface area contributed by atoms with Gasteiger partial charge in [0.15, 0.2) is 5.78 Å². The maximum atomic E-state index is 13.1. The molecule has 3 aliphatic heterocycles. The highest BCUT2D eigenvalue weighted by Crippen LogP contribution is 2.32. The normalized spacial score (nSPS) is 25.9. The fraction of sp³-hybridized carbons (Fsp3) is 0.789. The second-order valence-corrected chi connectivity index (χ2v) is 8.29. The van der Waals surface area contributed by atoms with Crippen molar-refractivity contribution in [2.75, 3.05) is 26.2 Å². The first kappa shape index (κ1) is 19.6. The lowest BCUT2D eigenvalue weighted by Gasteiger charge is -2.29. The number of amides is 4. The van der Waals surface area contributed by atoms with E-state index in [4.69, 9.17) is 0 Å². The van der Waals surface area contributed by atoms with E-state index in [9.17, 15) is 19.2 Å². The second-order valence-electron chi connectivity index (χ2n) is 8.29. The number of carbonyl (C=O) groups excluding carboxylic acids is 4. The van der Waals surface area contributed by atoms with Crippen molar-refractivity contribution < 1.29 is 19.2 Å². The van der Waals surface area contributed by atoms with Crippen molar-refractivity contribution in [2.45, 2.75) is 64.6 Å². The quantitative estimate of drug-likeness (QED) is 0.776. The van der Waals surface area contributed by atoms with Crippen LogP contribution in [-0.4, -0.2) is 82.6 Å². The Morgan fingerprint density at radius 2 is 1.78 bits per heavy atom. The lowest BCUT2D eigenvalue weighted by Crippen LogP contribution is -2.51. The average molecular weight is 378 g/mol. The van der Waals surface area contributed by atoms with E-state index in [1.165, 1.54) is 6.92 Å². The molecule has 0 spiro atoms. The Balaban J connectivity index is 1.73. The fourth-order valence-corrected chi connectivity index (χ4v) is 4.55. The Labute approximate surface area is 160 Å². The van der Waals surface area contributed by atoms with Crippen LogP contribution in [0.2, 0.25) is 0 Å². The number of nitrogens with one attached hydrogen (secondary N) is 1. The van der Waals surface area contributed by atoms with Crippen molar-refractivity contribution in [3.63, 3.8) is 0 Å². The molecular formula is C19H30N4O4. The minimum Gasteiger partial charge on any atom is -0.345 e. The van der Waals surface area contributed by atoms with Crippen LogP contribution in [0.4, 0.5) is 4.79 Å². The molecule has 3 heterocycles. The zero-order chi connectivity index (χ0) is 19.7. The number of urea groups is 1. The van der Waals surface area contributed by atoms with Crippen LogP contribution >= 0.6 is 0 Å². The largest absolute Gasteiger partial charge is 0.345 e. The number of carbonyl (C=O) groups is 4. The molecule has 3 aliphatic rings. The van der Waals surface area contributed by atoms with Crippen molar-refractivity contribution in [1.29, 1.82) is 0 Å². The minimum atomic E-state index is -0.627. The SMILES string of the molecule is CC(=O)NC(CC(C)C)C(=O)N1CC(=O)C2C1CCN2C(=O)N1CCCC1. The van der Waals surface area contributed by atoms with Crippen molar-refractivity contribution in [3.05, 3.63) is 0 Å². The molecule has 3 unspecified atom stereocenters. The predicted octanol–water partition coefficient (Wildman–Crippen LogP) is 0.607. The summed E-state index contributed by atoms with van der Waals surface area (Å²) in [6.07, 6.45) is 3.13. The van der Waals surface area contributed by atoms with Crippen LogP contribution in [0.3, 0.4) is 0 Å². The molecule has 0 saturated carbocycles. The molecule has 3 saturated heterocycles. The third kappa shape index (κ3) is 3.94. The smallest absolute Gasteiger partial charge is 0.320 e. The highest BCUT2D eigenvalue weighted by Gasteiger charge is 2.52. The van der Waals surface area contributed by atoms with Gasteiger partial charge in [0.2, 0.25) is 11.8 Å². The molecule has 8 nitrogen and oxygen atoms in total. The van der Waals surface area contributed by atoms with E-state index in [1.54, 1.807) is 14.7 Å². The predicted molar refractivity (Wildman–Crippen MR) is 98.9 cm³/mol. The molecule has 0 bridgehead atoms. The summed E-state index contributed by atoms with van der Waals surface area (Å²) in [5, 5.41) is 2.73. The fourth-order valence-electron chi connectivity index (χ4n) is 4.55. The Morgan fingerprint density at radius 3 is 2.37 bits per heavy atom. The van der Waals surface area contributed by atoms with Gasteiger partial charge in [0.05, 0.1) is 12.6 Å². The molecule has 3 fully saturated rings. The zero-order valence-electron chi connectivity index (χ0n) is 16.4. The zero-order valence-corrected chi connectivity index (χ0v) is 16.4. The van der Waals surface area contributed by atoms with Crippen LogP contribution in [-0.2, 0) is 14.4 Å². The van der Waals surface area contributed by atoms with E-state index >= 15 is 0 Å². The van der Waals surface area contributed by atoms with Gasteiger partial charge < -0.3 is 20.0 Å². The van der Waals surface area contributed by atoms with Gasteiger partial charge in [-0.25, -0.2) is 4.79 Å². The molecule has 0 aromatic carbocycles. The molecule has 27 heavy (non-hydrogen) atoms. The number of rotatable bonds is 4. The molecule has 150 valence electrons. The molecule has 4 amide bonds. The number of hydrogen-bond donors (Lipinski definition) is 1. The van der Waals surface area contributed by atoms with E-state index in [0.717, 1.165) is 25.9 Å². The van der Waals surface area contributed by atoms with Crippen LogP contribution in [0.25, 0.3) is 0 Å². The van der Waals surface area contributed by atoms with Crippen LogP contribution in [0, 0.1) is 5.92 Å². The molecule has 3 atom stereocenters. The van der Waals surface area contributed by atoms with E-state index in [2.05, 4.69) is 5.32 Å². The molecule has 0 aromatic heterocycles. The molecule has 8 heteroatoms. The van der Waals surface area contributed by atoms with Gasteiger partial charge in [0, 0.05) is 26.6 Å². The molecule has 1 N–H and O–H groups in total. The highest BCUT2D eigenvalue weighted by atomic mass is 16.2. The monoisotopic (exact) mass is 378 g/mol. The molecule has 0 aliphatic carbocycles. The summed E-state index contributed by atoms with van der Waals surface area (Å²) in [7, 11) is 0. The van der Waals surface area contributed by atoms with Crippen molar-refractivity contribution >= 4 is 23.6 Å². The first-order valence-corrected chi connectivity index (χ1v) is 9.95. The van der Waals surface area contributed by atoms with Gasteiger partial charge in [-0.2, -0.15) is 0 Å². The second kappa shape index (κ2) is 7.86. The summed E-state index contributed by atoms with van der Waals surface area (Å²) in [6.45, 7) is 7.37. The molecule has 3 rings (SSSR count). The standard InChI is InChI=1S/C19H30N4O4/c1-12(2)10-14(20-13(3)24)18(26)23-11-16(25)17-15(23)6-9-22(17)19(27)21-7-4-5-8-21/h12,14-15,17H,4-11H2,1-3H3,(H,20,24). The topological polar surface area (TPSA) is 90.0 Å². The van der Waals surface area contributed by atoms with E-state index in [0.29, 0.717) is 19.4 Å². The lowest BCUT2D eigenvalue weighted by atomic mass is 10.0. The van der Waals surface area contributed by atoms with Gasteiger partial charge in [-0.15, -0.1) is 0 Å². The van der Waals surface area contributed by atoms with Crippen LogP contribution in [0.5, 0.6) is 0 Å². The highest BCUT2D eigenvalue weighted by molar-refractivity contribution is 5.99. The summed E-state index contributed by atoms with van der Waals surface area (Å²) in [6, 6.07) is -1.53. The molecule has 0 radical (unpaired) electrons. The Bertz CT molecular complexity index is 629. The summed E-state index contributed by atoms with van der Waals surface area (Å²) in [5.74, 6) is -0.315. The number of ketones is 1. The van der Waals surface area contributed by atoms with E-state index < -0.39 is 12.1 Å². The number of hydrogen-bond acceptors (Lipinski definition) is 4.